The molecule has 0 aromatic carbocycles. The molecule has 0 radical (unpaired) electrons. The van der Waals surface area contributed by atoms with E-state index in [-0.39, 0.29) is 6.61 Å². The van der Waals surface area contributed by atoms with Gasteiger partial charge in [-0.05, 0) is 46.1 Å². The van der Waals surface area contributed by atoms with E-state index in [9.17, 15) is 18.0 Å². The summed E-state index contributed by atoms with van der Waals surface area (Å²) in [5, 5.41) is 12.1. The Labute approximate surface area is 117 Å². The zero-order valence-corrected chi connectivity index (χ0v) is 12.2. The average molecular weight is 299 g/mol. The third kappa shape index (κ3) is 7.09. The minimum Gasteiger partial charge on any atom is -0.480 e. The Morgan fingerprint density at radius 1 is 1.35 bits per heavy atom. The molecule has 0 heterocycles. The van der Waals surface area contributed by atoms with E-state index in [1.807, 2.05) is 6.92 Å². The third-order valence-electron chi connectivity index (χ3n) is 3.14. The molecule has 0 aromatic rings. The van der Waals surface area contributed by atoms with Gasteiger partial charge in [-0.2, -0.15) is 13.2 Å². The van der Waals surface area contributed by atoms with Crippen LogP contribution < -0.4 is 5.32 Å². The number of rotatable bonds is 10. The van der Waals surface area contributed by atoms with Crippen molar-refractivity contribution in [1.29, 1.82) is 0 Å². The lowest BCUT2D eigenvalue weighted by atomic mass is 9.95. The van der Waals surface area contributed by atoms with Gasteiger partial charge in [-0.1, -0.05) is 6.92 Å². The molecular formula is C13H24F3NO3. The van der Waals surface area contributed by atoms with Crippen molar-refractivity contribution < 1.29 is 27.8 Å². The van der Waals surface area contributed by atoms with Crippen molar-refractivity contribution in [2.24, 2.45) is 0 Å². The van der Waals surface area contributed by atoms with Crippen molar-refractivity contribution in [2.45, 2.75) is 64.3 Å². The molecule has 0 spiro atoms. The zero-order chi connectivity index (χ0) is 15.8. The monoisotopic (exact) mass is 299 g/mol. The molecule has 0 aliphatic heterocycles. The Kier molecular flexibility index (Phi) is 8.12. The highest BCUT2D eigenvalue weighted by molar-refractivity contribution is 5.78. The molecule has 2 atom stereocenters. The normalized spacial score (nSPS) is 16.7. The lowest BCUT2D eigenvalue weighted by molar-refractivity contribution is -0.214. The van der Waals surface area contributed by atoms with Gasteiger partial charge in [0.25, 0.3) is 0 Å². The summed E-state index contributed by atoms with van der Waals surface area (Å²) in [6.45, 7) is 5.05. The number of alkyl halides is 3. The van der Waals surface area contributed by atoms with Crippen LogP contribution in [0, 0.1) is 0 Å². The predicted octanol–water partition coefficient (Wildman–Crippen LogP) is 2.97. The summed E-state index contributed by atoms with van der Waals surface area (Å²) in [7, 11) is 0. The van der Waals surface area contributed by atoms with Gasteiger partial charge in [-0.15, -0.1) is 0 Å². The van der Waals surface area contributed by atoms with E-state index >= 15 is 0 Å². The Morgan fingerprint density at radius 2 is 1.95 bits per heavy atom. The first-order valence-electron chi connectivity index (χ1n) is 6.80. The number of halogens is 3. The lowest BCUT2D eigenvalue weighted by Crippen LogP contribution is -2.49. The number of nitrogens with one attached hydrogen (secondary N) is 1. The van der Waals surface area contributed by atoms with Crippen LogP contribution in [0.2, 0.25) is 0 Å². The number of aliphatic carboxylic acids is 1. The standard InChI is InChI=1S/C13H24F3NO3/c1-4-8-17-12(3,11(18)19)7-5-6-9-20-10(2)13(14,15)16/h10,17H,4-9H2,1-3H3,(H,18,19). The minimum atomic E-state index is -4.35. The molecule has 0 rings (SSSR count). The van der Waals surface area contributed by atoms with Crippen LogP contribution in [-0.4, -0.2) is 42.0 Å². The lowest BCUT2D eigenvalue weighted by Gasteiger charge is -2.26. The summed E-state index contributed by atoms with van der Waals surface area (Å²) in [4.78, 5) is 11.2. The van der Waals surface area contributed by atoms with E-state index in [0.717, 1.165) is 13.3 Å². The first-order valence-corrected chi connectivity index (χ1v) is 6.80. The second kappa shape index (κ2) is 8.46. The third-order valence-corrected chi connectivity index (χ3v) is 3.14. The molecule has 7 heteroatoms. The van der Waals surface area contributed by atoms with E-state index in [2.05, 4.69) is 10.1 Å². The quantitative estimate of drug-likeness (QED) is 0.609. The molecule has 0 fully saturated rings. The first kappa shape index (κ1) is 19.2. The fraction of sp³-hybridized carbons (Fsp3) is 0.923. The Bertz CT molecular complexity index is 297. The van der Waals surface area contributed by atoms with Crippen molar-refractivity contribution in [3.63, 3.8) is 0 Å². The summed E-state index contributed by atoms with van der Waals surface area (Å²) in [5.41, 5.74) is -1.04. The molecule has 2 unspecified atom stereocenters. The number of unbranched alkanes of at least 4 members (excludes halogenated alkanes) is 1. The molecule has 0 saturated carbocycles. The highest BCUT2D eigenvalue weighted by Crippen LogP contribution is 2.22. The van der Waals surface area contributed by atoms with Crippen LogP contribution in [0.15, 0.2) is 0 Å². The van der Waals surface area contributed by atoms with E-state index in [1.165, 1.54) is 0 Å². The summed E-state index contributed by atoms with van der Waals surface area (Å²) in [5.74, 6) is -0.949. The van der Waals surface area contributed by atoms with Gasteiger partial charge in [0.1, 0.15) is 5.54 Å². The van der Waals surface area contributed by atoms with Crippen molar-refractivity contribution in [3.05, 3.63) is 0 Å². The van der Waals surface area contributed by atoms with Gasteiger partial charge in [0, 0.05) is 6.61 Å². The Balaban J connectivity index is 3.99. The average Bonchev–Trinajstić information content (AvgIpc) is 2.34. The smallest absolute Gasteiger partial charge is 0.414 e. The molecule has 120 valence electrons. The van der Waals surface area contributed by atoms with Crippen LogP contribution in [0.1, 0.15) is 46.5 Å². The van der Waals surface area contributed by atoms with Crippen LogP contribution in [0.3, 0.4) is 0 Å². The van der Waals surface area contributed by atoms with Gasteiger partial charge < -0.3 is 15.2 Å². The van der Waals surface area contributed by atoms with Crippen LogP contribution in [0.25, 0.3) is 0 Å². The molecule has 0 saturated heterocycles. The van der Waals surface area contributed by atoms with Crippen molar-refractivity contribution in [2.75, 3.05) is 13.2 Å². The number of ether oxygens (including phenoxy) is 1. The highest BCUT2D eigenvalue weighted by atomic mass is 19.4. The number of carboxylic acid groups (broad SMARTS) is 1. The molecule has 0 aliphatic rings. The van der Waals surface area contributed by atoms with Crippen molar-refractivity contribution in [1.82, 2.24) is 5.32 Å². The number of hydrogen-bond donors (Lipinski definition) is 2. The van der Waals surface area contributed by atoms with E-state index in [4.69, 9.17) is 5.11 Å². The molecule has 20 heavy (non-hydrogen) atoms. The minimum absolute atomic E-state index is 0.0237. The van der Waals surface area contributed by atoms with Crippen LogP contribution in [0.4, 0.5) is 13.2 Å². The fourth-order valence-corrected chi connectivity index (χ4v) is 1.61. The SMILES string of the molecule is CCCNC(C)(CCCCOC(C)C(F)(F)F)C(=O)O. The van der Waals surface area contributed by atoms with Gasteiger partial charge in [-0.3, -0.25) is 4.79 Å². The van der Waals surface area contributed by atoms with Crippen LogP contribution in [0.5, 0.6) is 0 Å². The molecule has 0 aromatic heterocycles. The largest absolute Gasteiger partial charge is 0.480 e. The van der Waals surface area contributed by atoms with Gasteiger partial charge in [-0.25, -0.2) is 0 Å². The number of hydrogen-bond acceptors (Lipinski definition) is 3. The fourth-order valence-electron chi connectivity index (χ4n) is 1.61. The van der Waals surface area contributed by atoms with Gasteiger partial charge in [0.2, 0.25) is 0 Å². The zero-order valence-electron chi connectivity index (χ0n) is 12.2. The second-order valence-electron chi connectivity index (χ2n) is 5.08. The van der Waals surface area contributed by atoms with E-state index < -0.39 is 23.8 Å². The molecule has 2 N–H and O–H groups in total. The maximum absolute atomic E-state index is 12.2. The van der Waals surface area contributed by atoms with Gasteiger partial charge in [0.05, 0.1) is 0 Å². The summed E-state index contributed by atoms with van der Waals surface area (Å²) >= 11 is 0. The number of carboxylic acids is 1. The molecule has 4 nitrogen and oxygen atoms in total. The molecule has 0 aliphatic carbocycles. The van der Waals surface area contributed by atoms with Crippen molar-refractivity contribution in [3.8, 4) is 0 Å². The topological polar surface area (TPSA) is 58.6 Å². The van der Waals surface area contributed by atoms with Gasteiger partial charge >= 0.3 is 12.1 Å². The predicted molar refractivity (Wildman–Crippen MR) is 69.7 cm³/mol. The second-order valence-corrected chi connectivity index (χ2v) is 5.08. The molecule has 0 bridgehead atoms. The maximum Gasteiger partial charge on any atom is 0.414 e. The van der Waals surface area contributed by atoms with E-state index in [0.29, 0.717) is 25.8 Å². The summed E-state index contributed by atoms with van der Waals surface area (Å²) in [6, 6.07) is 0. The Morgan fingerprint density at radius 3 is 2.40 bits per heavy atom. The van der Waals surface area contributed by atoms with E-state index in [1.54, 1.807) is 6.92 Å². The maximum atomic E-state index is 12.2. The van der Waals surface area contributed by atoms with Gasteiger partial charge in [0.15, 0.2) is 6.10 Å². The van der Waals surface area contributed by atoms with Crippen LogP contribution >= 0.6 is 0 Å². The number of carbonyl (C=O) groups is 1. The molecule has 0 amide bonds. The first-order chi connectivity index (χ1) is 9.13. The summed E-state index contributed by atoms with van der Waals surface area (Å²) in [6.07, 6.45) is -4.08. The molecular weight excluding hydrogens is 275 g/mol. The highest BCUT2D eigenvalue weighted by Gasteiger charge is 2.36. The van der Waals surface area contributed by atoms with Crippen molar-refractivity contribution >= 4 is 5.97 Å². The Hall–Kier alpha value is -0.820. The van der Waals surface area contributed by atoms with Crippen LogP contribution in [-0.2, 0) is 9.53 Å². The summed E-state index contributed by atoms with van der Waals surface area (Å²) < 4.78 is 41.2.